The number of aromatic nitrogens is 2. The molecule has 56 heavy (non-hydrogen) atoms. The first kappa shape index (κ1) is 36.8. The average molecular weight is 747 g/mol. The maximum absolute atomic E-state index is 14.2. The molecule has 0 fully saturated rings. The number of carbonyl (C=O) groups is 2. The summed E-state index contributed by atoms with van der Waals surface area (Å²) in [4.78, 5) is 38.2. The number of nitrogens with zero attached hydrogens (tertiary/aromatic N) is 4. The van der Waals surface area contributed by atoms with Gasteiger partial charge in [0, 0.05) is 22.1 Å². The number of hydrogen-bond donors (Lipinski definition) is 4. The van der Waals surface area contributed by atoms with Crippen molar-refractivity contribution >= 4 is 56.9 Å². The summed E-state index contributed by atoms with van der Waals surface area (Å²) in [6, 6.07) is 36.1. The molecule has 4 aromatic carbocycles. The van der Waals surface area contributed by atoms with Crippen LogP contribution in [0.25, 0.3) is 21.8 Å². The number of benzene rings is 4. The standard InChI is InChI=1S/C46H50N8O2/c1-45(2,3)53(43(55)47-33-19-23-37-31(27-33)17-25-41(49-37)51-39-21-15-29-11-7-9-13-35(29)39)54(46(4,5)6)44(56)48-34-20-24-38-32(28-34)18-26-42(50-38)52-40-22-16-30-12-8-10-14-36(30)40/h7-14,17-20,23-28,39-40H,15-16,21-22H2,1-6H3,(H,47,55)(H,48,56)(H,49,51)(H,50,52). The molecular formula is C46H50N8O2. The number of hydrogen-bond acceptors (Lipinski definition) is 6. The van der Waals surface area contributed by atoms with Crippen LogP contribution in [0.15, 0.2) is 109 Å². The quantitative estimate of drug-likeness (QED) is 0.126. The minimum atomic E-state index is -0.761. The lowest BCUT2D eigenvalue weighted by molar-refractivity contribution is -0.0568. The van der Waals surface area contributed by atoms with E-state index in [1.165, 1.54) is 32.3 Å². The van der Waals surface area contributed by atoms with Crippen LogP contribution in [0.4, 0.5) is 32.6 Å². The van der Waals surface area contributed by atoms with Crippen LogP contribution >= 0.6 is 0 Å². The van der Waals surface area contributed by atoms with Crippen LogP contribution < -0.4 is 21.3 Å². The van der Waals surface area contributed by atoms with Gasteiger partial charge in [0.25, 0.3) is 0 Å². The Labute approximate surface area is 328 Å². The van der Waals surface area contributed by atoms with Crippen molar-refractivity contribution in [2.45, 2.75) is 90.4 Å². The summed E-state index contributed by atoms with van der Waals surface area (Å²) in [5.41, 5.74) is 6.76. The van der Waals surface area contributed by atoms with Crippen molar-refractivity contribution in [3.8, 4) is 0 Å². The van der Waals surface area contributed by atoms with Gasteiger partial charge < -0.3 is 21.3 Å². The van der Waals surface area contributed by atoms with E-state index in [2.05, 4.69) is 69.8 Å². The second-order valence-corrected chi connectivity index (χ2v) is 16.9. The molecule has 286 valence electrons. The molecule has 0 saturated heterocycles. The molecule has 0 bridgehead atoms. The lowest BCUT2D eigenvalue weighted by Crippen LogP contribution is -2.65. The highest BCUT2D eigenvalue weighted by molar-refractivity contribution is 5.97. The van der Waals surface area contributed by atoms with Gasteiger partial charge in [-0.05, 0) is 150 Å². The van der Waals surface area contributed by atoms with E-state index in [1.54, 1.807) is 0 Å². The van der Waals surface area contributed by atoms with Gasteiger partial charge in [0.05, 0.1) is 34.2 Å². The topological polar surface area (TPSA) is 115 Å². The van der Waals surface area contributed by atoms with Crippen molar-refractivity contribution < 1.29 is 9.59 Å². The first-order valence-corrected chi connectivity index (χ1v) is 19.5. The summed E-state index contributed by atoms with van der Waals surface area (Å²) in [5, 5.41) is 18.1. The molecule has 4 N–H and O–H groups in total. The van der Waals surface area contributed by atoms with Gasteiger partial charge in [-0.25, -0.2) is 29.6 Å². The Hall–Kier alpha value is -6.16. The molecule has 10 nitrogen and oxygen atoms in total. The first-order valence-electron chi connectivity index (χ1n) is 19.5. The van der Waals surface area contributed by atoms with Crippen molar-refractivity contribution in [3.05, 3.63) is 131 Å². The Morgan fingerprint density at radius 1 is 0.554 bits per heavy atom. The third-order valence-corrected chi connectivity index (χ3v) is 10.6. The molecule has 0 radical (unpaired) electrons. The number of aryl methyl sites for hydroxylation is 2. The van der Waals surface area contributed by atoms with E-state index in [4.69, 9.17) is 9.97 Å². The molecule has 0 saturated carbocycles. The molecule has 0 spiro atoms. The zero-order valence-corrected chi connectivity index (χ0v) is 33.0. The zero-order chi connectivity index (χ0) is 39.2. The molecule has 2 aliphatic carbocycles. The van der Waals surface area contributed by atoms with Gasteiger partial charge in [0.1, 0.15) is 11.6 Å². The third-order valence-electron chi connectivity index (χ3n) is 10.6. The highest BCUT2D eigenvalue weighted by Gasteiger charge is 2.41. The van der Waals surface area contributed by atoms with Crippen molar-refractivity contribution in [3.63, 3.8) is 0 Å². The molecule has 10 heteroatoms. The Kier molecular flexibility index (Phi) is 9.52. The van der Waals surface area contributed by atoms with Crippen LogP contribution in [-0.4, -0.2) is 43.1 Å². The number of fused-ring (bicyclic) bond motifs is 4. The van der Waals surface area contributed by atoms with Crippen molar-refractivity contribution in [2.75, 3.05) is 21.3 Å². The molecule has 2 aliphatic rings. The maximum Gasteiger partial charge on any atom is 0.341 e. The van der Waals surface area contributed by atoms with Gasteiger partial charge in [-0.3, -0.25) is 0 Å². The Morgan fingerprint density at radius 3 is 1.38 bits per heavy atom. The molecule has 8 rings (SSSR count). The van der Waals surface area contributed by atoms with E-state index < -0.39 is 23.1 Å². The molecule has 2 heterocycles. The molecule has 2 unspecified atom stereocenters. The van der Waals surface area contributed by atoms with E-state index in [0.29, 0.717) is 11.4 Å². The van der Waals surface area contributed by atoms with E-state index in [1.807, 2.05) is 102 Å². The molecule has 2 aromatic heterocycles. The minimum absolute atomic E-state index is 0.232. The highest BCUT2D eigenvalue weighted by atomic mass is 16.2. The molecule has 0 aliphatic heterocycles. The van der Waals surface area contributed by atoms with Crippen molar-refractivity contribution in [2.24, 2.45) is 0 Å². The molecule has 4 amide bonds. The van der Waals surface area contributed by atoms with Crippen LogP contribution in [0.5, 0.6) is 0 Å². The van der Waals surface area contributed by atoms with Gasteiger partial charge in [-0.15, -0.1) is 0 Å². The monoisotopic (exact) mass is 746 g/mol. The lowest BCUT2D eigenvalue weighted by atomic mass is 10.0. The normalized spacial score (nSPS) is 16.2. The fourth-order valence-electron chi connectivity index (χ4n) is 8.08. The van der Waals surface area contributed by atoms with Gasteiger partial charge in [0.15, 0.2) is 0 Å². The van der Waals surface area contributed by atoms with Gasteiger partial charge >= 0.3 is 12.1 Å². The van der Waals surface area contributed by atoms with E-state index in [-0.39, 0.29) is 12.1 Å². The minimum Gasteiger partial charge on any atom is -0.363 e. The fourth-order valence-corrected chi connectivity index (χ4v) is 8.08. The molecular weight excluding hydrogens is 697 g/mol. The van der Waals surface area contributed by atoms with Crippen molar-refractivity contribution in [1.29, 1.82) is 0 Å². The summed E-state index contributed by atoms with van der Waals surface area (Å²) in [6.07, 6.45) is 4.18. The van der Waals surface area contributed by atoms with Crippen LogP contribution in [0, 0.1) is 0 Å². The second kappa shape index (κ2) is 14.5. The Bertz CT molecular complexity index is 2280. The van der Waals surface area contributed by atoms with Gasteiger partial charge in [-0.2, -0.15) is 0 Å². The fraction of sp³-hybridized carbons (Fsp3) is 0.304. The number of anilines is 4. The second-order valence-electron chi connectivity index (χ2n) is 16.9. The third kappa shape index (κ3) is 7.56. The van der Waals surface area contributed by atoms with Crippen LogP contribution in [-0.2, 0) is 12.8 Å². The zero-order valence-electron chi connectivity index (χ0n) is 33.0. The highest BCUT2D eigenvalue weighted by Crippen LogP contribution is 2.36. The summed E-state index contributed by atoms with van der Waals surface area (Å²) in [5.74, 6) is 1.63. The van der Waals surface area contributed by atoms with E-state index in [0.717, 1.165) is 59.1 Å². The van der Waals surface area contributed by atoms with Gasteiger partial charge in [0.2, 0.25) is 0 Å². The average Bonchev–Trinajstić information content (AvgIpc) is 3.76. The largest absolute Gasteiger partial charge is 0.363 e. The van der Waals surface area contributed by atoms with Crippen LogP contribution in [0.1, 0.15) is 88.7 Å². The number of pyridine rings is 2. The summed E-state index contributed by atoms with van der Waals surface area (Å²) in [7, 11) is 0. The number of rotatable bonds is 6. The van der Waals surface area contributed by atoms with E-state index in [9.17, 15) is 9.59 Å². The summed E-state index contributed by atoms with van der Waals surface area (Å²) in [6.45, 7) is 11.5. The Morgan fingerprint density at radius 2 is 0.964 bits per heavy atom. The maximum atomic E-state index is 14.2. The first-order chi connectivity index (χ1) is 26.8. The Balaban J connectivity index is 0.970. The summed E-state index contributed by atoms with van der Waals surface area (Å²) >= 11 is 0. The van der Waals surface area contributed by atoms with Crippen LogP contribution in [0.2, 0.25) is 0 Å². The predicted molar refractivity (Wildman–Crippen MR) is 227 cm³/mol. The molecule has 2 atom stereocenters. The van der Waals surface area contributed by atoms with Crippen molar-refractivity contribution in [1.82, 2.24) is 20.0 Å². The smallest absolute Gasteiger partial charge is 0.341 e. The number of urea groups is 2. The van der Waals surface area contributed by atoms with E-state index >= 15 is 0 Å². The number of amides is 4. The lowest BCUT2D eigenvalue weighted by Gasteiger charge is -2.48. The van der Waals surface area contributed by atoms with Gasteiger partial charge in [-0.1, -0.05) is 48.5 Å². The predicted octanol–water partition coefficient (Wildman–Crippen LogP) is 10.9. The summed E-state index contributed by atoms with van der Waals surface area (Å²) < 4.78 is 0. The number of nitrogens with one attached hydrogen (secondary N) is 4. The number of hydrazine groups is 1. The SMILES string of the molecule is CC(C)(C)N(C(=O)Nc1ccc2nc(NC3CCc4ccccc43)ccc2c1)N(C(=O)Nc1ccc2nc(NC3CCc4ccccc43)ccc2c1)C(C)(C)C. The van der Waals surface area contributed by atoms with Crippen LogP contribution in [0.3, 0.4) is 0 Å². The molecule has 6 aromatic rings. The number of carbonyl (C=O) groups excluding carboxylic acids is 2.